The first kappa shape index (κ1) is 16.4. The van der Waals surface area contributed by atoms with Gasteiger partial charge in [0.25, 0.3) is 5.91 Å². The second-order valence-corrected chi connectivity index (χ2v) is 6.61. The summed E-state index contributed by atoms with van der Waals surface area (Å²) in [5.41, 5.74) is 3.34. The van der Waals surface area contributed by atoms with Crippen LogP contribution in [0.5, 0.6) is 0 Å². The molecule has 0 unspecified atom stereocenters. The van der Waals surface area contributed by atoms with Crippen LogP contribution >= 0.6 is 22.9 Å². The van der Waals surface area contributed by atoms with Crippen molar-refractivity contribution in [2.45, 2.75) is 6.92 Å². The Morgan fingerprint density at radius 1 is 1.42 bits per heavy atom. The van der Waals surface area contributed by atoms with Crippen molar-refractivity contribution in [2.75, 3.05) is 0 Å². The molecule has 2 aromatic heterocycles. The molecule has 0 saturated heterocycles. The molecule has 0 bridgehead atoms. The van der Waals surface area contributed by atoms with Gasteiger partial charge in [-0.15, -0.1) is 11.3 Å². The summed E-state index contributed by atoms with van der Waals surface area (Å²) >= 11 is 7.47. The van der Waals surface area contributed by atoms with E-state index in [1.165, 1.54) is 18.2 Å². The fourth-order valence-corrected chi connectivity index (χ4v) is 3.04. The Bertz CT molecular complexity index is 898. The Morgan fingerprint density at radius 3 is 2.96 bits per heavy atom. The van der Waals surface area contributed by atoms with Crippen LogP contribution in [0.25, 0.3) is 10.6 Å². The minimum Gasteiger partial charge on any atom is -0.276 e. The van der Waals surface area contributed by atoms with Gasteiger partial charge < -0.3 is 0 Å². The van der Waals surface area contributed by atoms with Crippen LogP contribution in [0.4, 0.5) is 4.39 Å². The number of hydrazone groups is 1. The van der Waals surface area contributed by atoms with Crippen LogP contribution in [0, 0.1) is 12.7 Å². The van der Waals surface area contributed by atoms with E-state index in [0.717, 1.165) is 21.7 Å². The lowest BCUT2D eigenvalue weighted by atomic mass is 10.2. The number of halogens is 2. The maximum Gasteiger partial charge on any atom is 0.291 e. The first-order valence-corrected chi connectivity index (χ1v) is 8.13. The van der Waals surface area contributed by atoms with Crippen molar-refractivity contribution in [3.63, 3.8) is 0 Å². The highest BCUT2D eigenvalue weighted by Gasteiger charge is 2.12. The van der Waals surface area contributed by atoms with Gasteiger partial charge in [-0.3, -0.25) is 9.89 Å². The molecule has 0 saturated carbocycles. The predicted molar refractivity (Wildman–Crippen MR) is 93.1 cm³/mol. The lowest BCUT2D eigenvalue weighted by Gasteiger charge is -1.99. The molecule has 0 aliphatic rings. The molecular formula is C16H12ClFN4OS. The number of hydrogen-bond acceptors (Lipinski definition) is 4. The van der Waals surface area contributed by atoms with Crippen molar-refractivity contribution in [2.24, 2.45) is 5.10 Å². The Kier molecular flexibility index (Phi) is 4.73. The number of carbonyl (C=O) groups is 1. The summed E-state index contributed by atoms with van der Waals surface area (Å²) in [5, 5.41) is 10.7. The van der Waals surface area contributed by atoms with Crippen LogP contribution in [-0.4, -0.2) is 22.3 Å². The van der Waals surface area contributed by atoms with Gasteiger partial charge in [0.1, 0.15) is 5.82 Å². The van der Waals surface area contributed by atoms with Crippen molar-refractivity contribution in [1.29, 1.82) is 0 Å². The molecule has 5 nitrogen and oxygen atoms in total. The number of thiophene rings is 1. The quantitative estimate of drug-likeness (QED) is 0.544. The van der Waals surface area contributed by atoms with Crippen LogP contribution in [0.15, 0.2) is 41.5 Å². The van der Waals surface area contributed by atoms with Gasteiger partial charge in [0.2, 0.25) is 0 Å². The summed E-state index contributed by atoms with van der Waals surface area (Å²) < 4.78 is 13.6. The van der Waals surface area contributed by atoms with Crippen LogP contribution in [0.1, 0.15) is 20.9 Å². The molecule has 1 aromatic carbocycles. The number of rotatable bonds is 4. The predicted octanol–water partition coefficient (Wildman–Crippen LogP) is 4.00. The van der Waals surface area contributed by atoms with Gasteiger partial charge in [0.15, 0.2) is 5.69 Å². The topological polar surface area (TPSA) is 70.1 Å². The van der Waals surface area contributed by atoms with E-state index in [4.69, 9.17) is 11.6 Å². The standard InChI is InChI=1S/C16H12ClFN4OS/c1-9-5-6-15(24-9)13-7-14(21-20-13)16(23)22-19-8-10-11(17)3-2-4-12(10)18/h2-8H,1H3,(H,20,21)(H,22,23)/b19-8-. The minimum atomic E-state index is -0.518. The third kappa shape index (κ3) is 3.52. The molecule has 2 N–H and O–H groups in total. The molecule has 3 rings (SSSR count). The first-order valence-electron chi connectivity index (χ1n) is 6.94. The zero-order chi connectivity index (χ0) is 17.1. The van der Waals surface area contributed by atoms with Crippen LogP contribution < -0.4 is 5.43 Å². The third-order valence-corrected chi connectivity index (χ3v) is 4.54. The van der Waals surface area contributed by atoms with E-state index >= 15 is 0 Å². The van der Waals surface area contributed by atoms with Crippen molar-refractivity contribution >= 4 is 35.1 Å². The van der Waals surface area contributed by atoms with E-state index in [-0.39, 0.29) is 16.3 Å². The molecule has 3 aromatic rings. The fourth-order valence-electron chi connectivity index (χ4n) is 1.99. The van der Waals surface area contributed by atoms with E-state index < -0.39 is 11.7 Å². The average molecular weight is 363 g/mol. The van der Waals surface area contributed by atoms with E-state index in [2.05, 4.69) is 20.7 Å². The summed E-state index contributed by atoms with van der Waals surface area (Å²) in [6.07, 6.45) is 1.16. The first-order chi connectivity index (χ1) is 11.5. The zero-order valence-electron chi connectivity index (χ0n) is 12.5. The number of aryl methyl sites for hydroxylation is 1. The summed E-state index contributed by atoms with van der Waals surface area (Å²) in [6, 6.07) is 9.86. The van der Waals surface area contributed by atoms with E-state index in [1.54, 1.807) is 17.4 Å². The van der Waals surface area contributed by atoms with Gasteiger partial charge >= 0.3 is 0 Å². The summed E-state index contributed by atoms with van der Waals surface area (Å²) in [5.74, 6) is -1.02. The van der Waals surface area contributed by atoms with Crippen LogP contribution in [0.3, 0.4) is 0 Å². The number of carbonyl (C=O) groups excluding carboxylic acids is 1. The number of aromatic amines is 1. The Balaban J connectivity index is 1.70. The van der Waals surface area contributed by atoms with Crippen LogP contribution in [-0.2, 0) is 0 Å². The minimum absolute atomic E-state index is 0.108. The summed E-state index contributed by atoms with van der Waals surface area (Å²) in [4.78, 5) is 14.2. The highest BCUT2D eigenvalue weighted by atomic mass is 35.5. The molecule has 0 radical (unpaired) electrons. The maximum absolute atomic E-state index is 13.6. The monoisotopic (exact) mass is 362 g/mol. The van der Waals surface area contributed by atoms with Crippen molar-refractivity contribution in [3.05, 3.63) is 63.4 Å². The van der Waals surface area contributed by atoms with E-state index in [0.29, 0.717) is 0 Å². The molecule has 122 valence electrons. The summed E-state index contributed by atoms with van der Waals surface area (Å²) in [7, 11) is 0. The lowest BCUT2D eigenvalue weighted by molar-refractivity contribution is 0.0950. The van der Waals surface area contributed by atoms with E-state index in [9.17, 15) is 9.18 Å². The molecule has 0 aliphatic heterocycles. The van der Waals surface area contributed by atoms with Gasteiger partial charge in [-0.05, 0) is 37.3 Å². The number of aromatic nitrogens is 2. The Labute approximate surface area is 146 Å². The van der Waals surface area contributed by atoms with Gasteiger partial charge in [0, 0.05) is 10.4 Å². The van der Waals surface area contributed by atoms with Gasteiger partial charge in [0.05, 0.1) is 21.8 Å². The molecule has 1 amide bonds. The molecule has 0 fully saturated rings. The maximum atomic E-state index is 13.6. The highest BCUT2D eigenvalue weighted by molar-refractivity contribution is 7.15. The van der Waals surface area contributed by atoms with Gasteiger partial charge in [-0.25, -0.2) is 9.82 Å². The highest BCUT2D eigenvalue weighted by Crippen LogP contribution is 2.26. The molecule has 24 heavy (non-hydrogen) atoms. The van der Waals surface area contributed by atoms with Crippen molar-refractivity contribution in [3.8, 4) is 10.6 Å². The molecule has 8 heteroatoms. The molecule has 0 aliphatic carbocycles. The number of H-pyrrole nitrogens is 1. The van der Waals surface area contributed by atoms with Gasteiger partial charge in [-0.2, -0.15) is 10.2 Å². The molecule has 0 atom stereocenters. The second kappa shape index (κ2) is 6.94. The molecular weight excluding hydrogens is 351 g/mol. The third-order valence-electron chi connectivity index (χ3n) is 3.18. The number of benzene rings is 1. The van der Waals surface area contributed by atoms with E-state index in [1.807, 2.05) is 19.1 Å². The number of nitrogens with zero attached hydrogens (tertiary/aromatic N) is 2. The number of nitrogens with one attached hydrogen (secondary N) is 2. The average Bonchev–Trinajstić information content (AvgIpc) is 3.19. The molecule has 0 spiro atoms. The Morgan fingerprint density at radius 2 is 2.25 bits per heavy atom. The second-order valence-electron chi connectivity index (χ2n) is 4.91. The van der Waals surface area contributed by atoms with Crippen molar-refractivity contribution < 1.29 is 9.18 Å². The molecule has 2 heterocycles. The van der Waals surface area contributed by atoms with Gasteiger partial charge in [-0.1, -0.05) is 17.7 Å². The summed E-state index contributed by atoms with van der Waals surface area (Å²) in [6.45, 7) is 2.00. The smallest absolute Gasteiger partial charge is 0.276 e. The largest absolute Gasteiger partial charge is 0.291 e. The van der Waals surface area contributed by atoms with Crippen LogP contribution in [0.2, 0.25) is 5.02 Å². The SMILES string of the molecule is Cc1ccc(-c2cc(C(=O)N/N=C\c3c(F)cccc3Cl)n[nH]2)s1. The number of hydrogen-bond donors (Lipinski definition) is 2. The number of amides is 1. The normalized spacial score (nSPS) is 11.1. The fraction of sp³-hybridized carbons (Fsp3) is 0.0625. The van der Waals surface area contributed by atoms with Crippen molar-refractivity contribution in [1.82, 2.24) is 15.6 Å². The lowest BCUT2D eigenvalue weighted by Crippen LogP contribution is -2.18. The Hall–Kier alpha value is -2.51. The zero-order valence-corrected chi connectivity index (χ0v) is 14.1.